The summed E-state index contributed by atoms with van der Waals surface area (Å²) in [5, 5.41) is 3.51. The monoisotopic (exact) mass is 235 g/mol. The molecule has 1 heterocycles. The summed E-state index contributed by atoms with van der Waals surface area (Å²) in [6.07, 6.45) is 6.24. The van der Waals surface area contributed by atoms with Gasteiger partial charge in [-0.2, -0.15) is 0 Å². The summed E-state index contributed by atoms with van der Waals surface area (Å²) in [6.45, 7) is 8.82. The molecule has 0 bridgehead atoms. The molecule has 17 heavy (non-hydrogen) atoms. The van der Waals surface area contributed by atoms with Gasteiger partial charge in [-0.05, 0) is 52.5 Å². The third-order valence-electron chi connectivity index (χ3n) is 3.65. The van der Waals surface area contributed by atoms with Gasteiger partial charge in [0.15, 0.2) is 0 Å². The molecular weight excluding hydrogens is 210 g/mol. The van der Waals surface area contributed by atoms with Gasteiger partial charge in [0.05, 0.1) is 5.69 Å². The standard InChI is InChI=1S/C14H25N3/c1-4-9-15-10-11(2)17-12(3)16-13-7-5-6-8-14(13)17/h11,15H,4-10H2,1-3H3. The Kier molecular flexibility index (Phi) is 4.21. The number of aromatic nitrogens is 2. The van der Waals surface area contributed by atoms with Gasteiger partial charge >= 0.3 is 0 Å². The number of nitrogens with zero attached hydrogens (tertiary/aromatic N) is 2. The summed E-state index contributed by atoms with van der Waals surface area (Å²) in [7, 11) is 0. The zero-order valence-electron chi connectivity index (χ0n) is 11.4. The van der Waals surface area contributed by atoms with Crippen LogP contribution in [-0.2, 0) is 12.8 Å². The van der Waals surface area contributed by atoms with E-state index in [0.29, 0.717) is 6.04 Å². The zero-order chi connectivity index (χ0) is 12.3. The fourth-order valence-corrected chi connectivity index (χ4v) is 2.86. The van der Waals surface area contributed by atoms with Crippen molar-refractivity contribution in [2.75, 3.05) is 13.1 Å². The summed E-state index contributed by atoms with van der Waals surface area (Å²) >= 11 is 0. The van der Waals surface area contributed by atoms with Crippen LogP contribution in [-0.4, -0.2) is 22.6 Å². The van der Waals surface area contributed by atoms with E-state index < -0.39 is 0 Å². The predicted molar refractivity (Wildman–Crippen MR) is 71.5 cm³/mol. The molecule has 1 unspecified atom stereocenters. The maximum absolute atomic E-state index is 4.74. The average molecular weight is 235 g/mol. The van der Waals surface area contributed by atoms with Crippen LogP contribution >= 0.6 is 0 Å². The van der Waals surface area contributed by atoms with Crippen LogP contribution in [0.2, 0.25) is 0 Å². The molecule has 0 fully saturated rings. The lowest BCUT2D eigenvalue weighted by molar-refractivity contribution is 0.465. The Morgan fingerprint density at radius 3 is 2.88 bits per heavy atom. The van der Waals surface area contributed by atoms with Crippen molar-refractivity contribution in [3.8, 4) is 0 Å². The molecule has 3 heteroatoms. The van der Waals surface area contributed by atoms with E-state index in [4.69, 9.17) is 4.98 Å². The van der Waals surface area contributed by atoms with Crippen molar-refractivity contribution >= 4 is 0 Å². The number of nitrogens with one attached hydrogen (secondary N) is 1. The van der Waals surface area contributed by atoms with Crippen molar-refractivity contribution in [3.05, 3.63) is 17.2 Å². The van der Waals surface area contributed by atoms with Gasteiger partial charge < -0.3 is 9.88 Å². The molecule has 96 valence electrons. The number of imidazole rings is 1. The van der Waals surface area contributed by atoms with E-state index in [2.05, 4.69) is 30.7 Å². The lowest BCUT2D eigenvalue weighted by Gasteiger charge is -2.21. The van der Waals surface area contributed by atoms with Crippen molar-refractivity contribution < 1.29 is 0 Å². The molecule has 0 spiro atoms. The first-order chi connectivity index (χ1) is 8.24. The minimum Gasteiger partial charge on any atom is -0.328 e. The molecule has 1 atom stereocenters. The third kappa shape index (κ3) is 2.71. The van der Waals surface area contributed by atoms with Crippen LogP contribution in [0, 0.1) is 6.92 Å². The molecule has 0 aromatic carbocycles. The molecule has 1 N–H and O–H groups in total. The molecule has 0 saturated heterocycles. The van der Waals surface area contributed by atoms with E-state index >= 15 is 0 Å². The van der Waals surface area contributed by atoms with Gasteiger partial charge in [-0.1, -0.05) is 6.92 Å². The topological polar surface area (TPSA) is 29.9 Å². The SMILES string of the molecule is CCCNCC(C)n1c(C)nc2c1CCCC2. The zero-order valence-corrected chi connectivity index (χ0v) is 11.4. The van der Waals surface area contributed by atoms with Crippen LogP contribution in [0.15, 0.2) is 0 Å². The first-order valence-electron chi connectivity index (χ1n) is 7.01. The van der Waals surface area contributed by atoms with Crippen LogP contribution in [0.5, 0.6) is 0 Å². The van der Waals surface area contributed by atoms with Gasteiger partial charge in [-0.25, -0.2) is 4.98 Å². The molecule has 2 rings (SSSR count). The first-order valence-corrected chi connectivity index (χ1v) is 7.01. The van der Waals surface area contributed by atoms with E-state index in [1.165, 1.54) is 49.3 Å². The minimum absolute atomic E-state index is 0.524. The van der Waals surface area contributed by atoms with Crippen LogP contribution in [0.25, 0.3) is 0 Å². The van der Waals surface area contributed by atoms with Gasteiger partial charge in [0.1, 0.15) is 5.82 Å². The van der Waals surface area contributed by atoms with E-state index in [1.54, 1.807) is 0 Å². The quantitative estimate of drug-likeness (QED) is 0.795. The number of rotatable bonds is 5. The highest BCUT2D eigenvalue weighted by molar-refractivity contribution is 5.20. The Bertz CT molecular complexity index is 368. The van der Waals surface area contributed by atoms with Crippen molar-refractivity contribution in [2.45, 2.75) is 58.9 Å². The van der Waals surface area contributed by atoms with E-state index in [0.717, 1.165) is 13.1 Å². The van der Waals surface area contributed by atoms with Crippen molar-refractivity contribution in [1.82, 2.24) is 14.9 Å². The molecule has 1 aliphatic carbocycles. The Hall–Kier alpha value is -0.830. The first kappa shape index (κ1) is 12.6. The maximum Gasteiger partial charge on any atom is 0.106 e. The van der Waals surface area contributed by atoms with Crippen molar-refractivity contribution in [2.24, 2.45) is 0 Å². The average Bonchev–Trinajstić information content (AvgIpc) is 2.65. The van der Waals surface area contributed by atoms with Gasteiger partial charge in [-0.3, -0.25) is 0 Å². The summed E-state index contributed by atoms with van der Waals surface area (Å²) in [5.74, 6) is 1.20. The predicted octanol–water partition coefficient (Wildman–Crippen LogP) is 2.63. The Morgan fingerprint density at radius 2 is 2.12 bits per heavy atom. The second-order valence-electron chi connectivity index (χ2n) is 5.18. The van der Waals surface area contributed by atoms with E-state index in [1.807, 2.05) is 0 Å². The summed E-state index contributed by atoms with van der Waals surface area (Å²) in [4.78, 5) is 4.74. The highest BCUT2D eigenvalue weighted by Gasteiger charge is 2.20. The smallest absolute Gasteiger partial charge is 0.106 e. The van der Waals surface area contributed by atoms with Crippen molar-refractivity contribution in [3.63, 3.8) is 0 Å². The molecule has 0 saturated carbocycles. The molecule has 0 radical (unpaired) electrons. The molecule has 1 aromatic rings. The van der Waals surface area contributed by atoms with Gasteiger partial charge in [0.2, 0.25) is 0 Å². The van der Waals surface area contributed by atoms with Crippen LogP contribution in [0.1, 0.15) is 56.4 Å². The fourth-order valence-electron chi connectivity index (χ4n) is 2.86. The second kappa shape index (κ2) is 5.67. The van der Waals surface area contributed by atoms with Crippen LogP contribution in [0.4, 0.5) is 0 Å². The minimum atomic E-state index is 0.524. The lowest BCUT2D eigenvalue weighted by Crippen LogP contribution is -2.26. The molecule has 1 aliphatic rings. The normalized spacial score (nSPS) is 16.9. The van der Waals surface area contributed by atoms with Crippen molar-refractivity contribution in [1.29, 1.82) is 0 Å². The maximum atomic E-state index is 4.74. The summed E-state index contributed by atoms with van der Waals surface area (Å²) in [6, 6.07) is 0.524. The fraction of sp³-hybridized carbons (Fsp3) is 0.786. The Labute approximate surface area is 105 Å². The van der Waals surface area contributed by atoms with Gasteiger partial charge in [0, 0.05) is 18.3 Å². The largest absolute Gasteiger partial charge is 0.328 e. The summed E-state index contributed by atoms with van der Waals surface area (Å²) < 4.78 is 2.46. The number of hydrogen-bond acceptors (Lipinski definition) is 2. The molecule has 1 aromatic heterocycles. The van der Waals surface area contributed by atoms with E-state index in [-0.39, 0.29) is 0 Å². The highest BCUT2D eigenvalue weighted by Crippen LogP contribution is 2.24. The highest BCUT2D eigenvalue weighted by atomic mass is 15.1. The number of aryl methyl sites for hydroxylation is 2. The molecule has 0 amide bonds. The van der Waals surface area contributed by atoms with Gasteiger partial charge in [0.25, 0.3) is 0 Å². The second-order valence-corrected chi connectivity index (χ2v) is 5.18. The molecule has 3 nitrogen and oxygen atoms in total. The Morgan fingerprint density at radius 1 is 1.35 bits per heavy atom. The third-order valence-corrected chi connectivity index (χ3v) is 3.65. The van der Waals surface area contributed by atoms with E-state index in [9.17, 15) is 0 Å². The molecular formula is C14H25N3. The number of fused-ring (bicyclic) bond motifs is 1. The van der Waals surface area contributed by atoms with Crippen LogP contribution in [0.3, 0.4) is 0 Å². The summed E-state index contributed by atoms with van der Waals surface area (Å²) in [5.41, 5.74) is 2.86. The lowest BCUT2D eigenvalue weighted by atomic mass is 10.0. The van der Waals surface area contributed by atoms with Gasteiger partial charge in [-0.15, -0.1) is 0 Å². The Balaban J connectivity index is 2.11. The van der Waals surface area contributed by atoms with Crippen LogP contribution < -0.4 is 5.32 Å². The number of hydrogen-bond donors (Lipinski definition) is 1. The molecule has 0 aliphatic heterocycles.